The van der Waals surface area contributed by atoms with Crippen molar-refractivity contribution in [1.82, 2.24) is 0 Å². The molecule has 0 bridgehead atoms. The second-order valence-electron chi connectivity index (χ2n) is 8.48. The molecule has 128 valence electrons. The SMILES string of the molecule is CC(I)CC1CCC(C2CCC3(CC2)C(O)CCC3O)CC1. The van der Waals surface area contributed by atoms with Crippen LogP contribution in [0.15, 0.2) is 0 Å². The zero-order valence-electron chi connectivity index (χ0n) is 14.0. The summed E-state index contributed by atoms with van der Waals surface area (Å²) in [7, 11) is 0. The molecule has 3 fully saturated rings. The van der Waals surface area contributed by atoms with Crippen LogP contribution >= 0.6 is 22.6 Å². The van der Waals surface area contributed by atoms with Crippen LogP contribution in [0.5, 0.6) is 0 Å². The molecule has 0 aliphatic heterocycles. The third-order valence-corrected chi connectivity index (χ3v) is 7.73. The Morgan fingerprint density at radius 1 is 0.864 bits per heavy atom. The lowest BCUT2D eigenvalue weighted by Crippen LogP contribution is -2.43. The zero-order chi connectivity index (χ0) is 15.7. The van der Waals surface area contributed by atoms with E-state index in [-0.39, 0.29) is 17.6 Å². The van der Waals surface area contributed by atoms with Gasteiger partial charge in [-0.3, -0.25) is 0 Å². The Balaban J connectivity index is 1.48. The zero-order valence-corrected chi connectivity index (χ0v) is 16.2. The quantitative estimate of drug-likeness (QED) is 0.513. The van der Waals surface area contributed by atoms with Crippen LogP contribution < -0.4 is 0 Å². The van der Waals surface area contributed by atoms with Crippen LogP contribution in [0.3, 0.4) is 0 Å². The van der Waals surface area contributed by atoms with E-state index < -0.39 is 0 Å². The molecule has 0 radical (unpaired) electrons. The number of aliphatic hydroxyl groups is 2. The van der Waals surface area contributed by atoms with Crippen molar-refractivity contribution in [3.63, 3.8) is 0 Å². The van der Waals surface area contributed by atoms with Gasteiger partial charge in [0.2, 0.25) is 0 Å². The van der Waals surface area contributed by atoms with Crippen molar-refractivity contribution >= 4 is 22.6 Å². The third-order valence-electron chi connectivity index (χ3n) is 7.22. The summed E-state index contributed by atoms with van der Waals surface area (Å²) in [5.41, 5.74) is -0.135. The van der Waals surface area contributed by atoms with Crippen LogP contribution in [0.4, 0.5) is 0 Å². The van der Waals surface area contributed by atoms with Crippen molar-refractivity contribution in [1.29, 1.82) is 0 Å². The highest BCUT2D eigenvalue weighted by molar-refractivity contribution is 14.1. The minimum absolute atomic E-state index is 0.135. The largest absolute Gasteiger partial charge is 0.392 e. The van der Waals surface area contributed by atoms with Gasteiger partial charge in [0, 0.05) is 9.34 Å². The van der Waals surface area contributed by atoms with E-state index in [1.807, 2.05) is 0 Å². The van der Waals surface area contributed by atoms with Gasteiger partial charge in [-0.15, -0.1) is 0 Å². The predicted molar refractivity (Wildman–Crippen MR) is 99.2 cm³/mol. The standard InChI is InChI=1S/C19H33IO2/c1-13(20)12-14-2-4-15(5-3-14)16-8-10-19(11-9-16)17(21)6-7-18(19)22/h13-18,21-22H,2-12H2,1H3. The molecule has 0 amide bonds. The molecule has 3 heteroatoms. The maximum absolute atomic E-state index is 10.3. The molecule has 0 saturated heterocycles. The molecule has 3 atom stereocenters. The van der Waals surface area contributed by atoms with Crippen molar-refractivity contribution in [3.8, 4) is 0 Å². The van der Waals surface area contributed by atoms with E-state index in [4.69, 9.17) is 0 Å². The molecule has 0 heterocycles. The molecular formula is C19H33IO2. The maximum atomic E-state index is 10.3. The highest BCUT2D eigenvalue weighted by Crippen LogP contribution is 2.53. The monoisotopic (exact) mass is 420 g/mol. The fourth-order valence-electron chi connectivity index (χ4n) is 5.78. The molecule has 3 unspecified atom stereocenters. The van der Waals surface area contributed by atoms with Crippen molar-refractivity contribution in [2.45, 2.75) is 93.7 Å². The lowest BCUT2D eigenvalue weighted by molar-refractivity contribution is -0.0638. The van der Waals surface area contributed by atoms with E-state index in [9.17, 15) is 10.2 Å². The lowest BCUT2D eigenvalue weighted by Gasteiger charge is -2.45. The van der Waals surface area contributed by atoms with Crippen molar-refractivity contribution in [2.24, 2.45) is 23.2 Å². The average molecular weight is 420 g/mol. The van der Waals surface area contributed by atoms with Crippen molar-refractivity contribution in [2.75, 3.05) is 0 Å². The summed E-state index contributed by atoms with van der Waals surface area (Å²) in [6, 6.07) is 0. The first kappa shape index (κ1) is 17.5. The van der Waals surface area contributed by atoms with Gasteiger partial charge in [0.05, 0.1) is 12.2 Å². The Morgan fingerprint density at radius 3 is 1.86 bits per heavy atom. The molecule has 2 nitrogen and oxygen atoms in total. The van der Waals surface area contributed by atoms with Gasteiger partial charge in [-0.25, -0.2) is 0 Å². The van der Waals surface area contributed by atoms with Gasteiger partial charge in [-0.2, -0.15) is 0 Å². The molecule has 0 aromatic rings. The Morgan fingerprint density at radius 2 is 1.36 bits per heavy atom. The lowest BCUT2D eigenvalue weighted by atomic mass is 9.62. The van der Waals surface area contributed by atoms with Crippen molar-refractivity contribution < 1.29 is 10.2 Å². The molecule has 22 heavy (non-hydrogen) atoms. The summed E-state index contributed by atoms with van der Waals surface area (Å²) in [4.78, 5) is 0. The van der Waals surface area contributed by atoms with Gasteiger partial charge in [0.15, 0.2) is 0 Å². The Labute approximate surface area is 149 Å². The second kappa shape index (κ2) is 7.26. The average Bonchev–Trinajstić information content (AvgIpc) is 2.77. The molecule has 1 spiro atoms. The van der Waals surface area contributed by atoms with Crippen LogP contribution in [0.25, 0.3) is 0 Å². The normalized spacial score (nSPS) is 47.7. The first-order chi connectivity index (χ1) is 10.5. The van der Waals surface area contributed by atoms with Gasteiger partial charge >= 0.3 is 0 Å². The number of aliphatic hydroxyl groups excluding tert-OH is 2. The number of hydrogen-bond donors (Lipinski definition) is 2. The topological polar surface area (TPSA) is 40.5 Å². The van der Waals surface area contributed by atoms with E-state index >= 15 is 0 Å². The third kappa shape index (κ3) is 3.51. The highest BCUT2D eigenvalue weighted by Gasteiger charge is 2.51. The summed E-state index contributed by atoms with van der Waals surface area (Å²) in [6.07, 6.45) is 12.9. The number of hydrogen-bond acceptors (Lipinski definition) is 2. The molecule has 3 aliphatic rings. The minimum Gasteiger partial charge on any atom is -0.392 e. The summed E-state index contributed by atoms with van der Waals surface area (Å²) < 4.78 is 0.819. The molecule has 3 aliphatic carbocycles. The highest BCUT2D eigenvalue weighted by atomic mass is 127. The number of alkyl halides is 1. The summed E-state index contributed by atoms with van der Waals surface area (Å²) in [5, 5.41) is 20.7. The fourth-order valence-corrected chi connectivity index (χ4v) is 6.50. The van der Waals surface area contributed by atoms with Gasteiger partial charge in [-0.1, -0.05) is 42.4 Å². The number of rotatable bonds is 3. The smallest absolute Gasteiger partial charge is 0.0622 e. The predicted octanol–water partition coefficient (Wildman–Crippen LogP) is 4.70. The van der Waals surface area contributed by atoms with Gasteiger partial charge in [0.1, 0.15) is 0 Å². The Bertz CT molecular complexity index is 342. The fraction of sp³-hybridized carbons (Fsp3) is 1.00. The first-order valence-electron chi connectivity index (χ1n) is 9.51. The molecule has 3 saturated carbocycles. The number of halogens is 1. The molecule has 2 N–H and O–H groups in total. The first-order valence-corrected chi connectivity index (χ1v) is 10.8. The van der Waals surface area contributed by atoms with E-state index in [0.29, 0.717) is 0 Å². The summed E-state index contributed by atoms with van der Waals surface area (Å²) in [6.45, 7) is 2.34. The summed E-state index contributed by atoms with van der Waals surface area (Å²) >= 11 is 2.57. The van der Waals surface area contributed by atoms with Crippen molar-refractivity contribution in [3.05, 3.63) is 0 Å². The molecule has 0 aromatic carbocycles. The van der Waals surface area contributed by atoms with E-state index in [1.165, 1.54) is 44.9 Å². The van der Waals surface area contributed by atoms with E-state index in [0.717, 1.165) is 47.4 Å². The second-order valence-corrected chi connectivity index (χ2v) is 10.6. The minimum atomic E-state index is -0.246. The van der Waals surface area contributed by atoms with Crippen LogP contribution in [-0.2, 0) is 0 Å². The van der Waals surface area contributed by atoms with Gasteiger partial charge in [0.25, 0.3) is 0 Å². The molecule has 3 rings (SSSR count). The molecular weight excluding hydrogens is 387 g/mol. The van der Waals surface area contributed by atoms with E-state index in [1.54, 1.807) is 0 Å². The Kier molecular flexibility index (Phi) is 5.77. The van der Waals surface area contributed by atoms with Gasteiger partial charge in [-0.05, 0) is 75.5 Å². The van der Waals surface area contributed by atoms with Crippen LogP contribution in [0.2, 0.25) is 0 Å². The maximum Gasteiger partial charge on any atom is 0.0622 e. The van der Waals surface area contributed by atoms with Crippen LogP contribution in [-0.4, -0.2) is 26.3 Å². The van der Waals surface area contributed by atoms with Crippen LogP contribution in [0.1, 0.15) is 77.6 Å². The Hall–Kier alpha value is 0.650. The van der Waals surface area contributed by atoms with Gasteiger partial charge < -0.3 is 10.2 Å². The van der Waals surface area contributed by atoms with E-state index in [2.05, 4.69) is 29.5 Å². The summed E-state index contributed by atoms with van der Waals surface area (Å²) in [5.74, 6) is 2.76. The van der Waals surface area contributed by atoms with Crippen LogP contribution in [0, 0.1) is 23.2 Å². The molecule has 0 aromatic heterocycles.